The van der Waals surface area contributed by atoms with Crippen LogP contribution in [0, 0.1) is 0 Å². The number of carbonyl (C=O) groups is 1. The molecule has 0 radical (unpaired) electrons. The molecule has 1 aromatic heterocycles. The third kappa shape index (κ3) is 3.98. The molecule has 1 fully saturated rings. The molecule has 0 bridgehead atoms. The van der Waals surface area contributed by atoms with Gasteiger partial charge in [0.05, 0.1) is 26.8 Å². The lowest BCUT2D eigenvalue weighted by atomic mass is 10.0. The molecule has 0 spiro atoms. The number of halogens is 2. The van der Waals surface area contributed by atoms with Crippen molar-refractivity contribution in [3.63, 3.8) is 0 Å². The summed E-state index contributed by atoms with van der Waals surface area (Å²) in [5, 5.41) is 3.73. The number of piperazine rings is 1. The second-order valence-electron chi connectivity index (χ2n) is 6.93. The molecule has 0 atom stereocenters. The van der Waals surface area contributed by atoms with Gasteiger partial charge in [-0.25, -0.2) is 9.99 Å². The van der Waals surface area contributed by atoms with E-state index < -0.39 is 0 Å². The summed E-state index contributed by atoms with van der Waals surface area (Å²) in [6.07, 6.45) is 0. The van der Waals surface area contributed by atoms with Crippen molar-refractivity contribution in [1.29, 1.82) is 0 Å². The molecule has 5 nitrogen and oxygen atoms in total. The van der Waals surface area contributed by atoms with Gasteiger partial charge in [-0.3, -0.25) is 10.2 Å². The normalized spacial score (nSPS) is 15.7. The zero-order chi connectivity index (χ0) is 19.7. The number of rotatable bonds is 3. The Hall–Kier alpha value is -2.18. The summed E-state index contributed by atoms with van der Waals surface area (Å²) in [5.74, 6) is -0.135. The molecule has 3 aromatic rings. The highest BCUT2D eigenvalue weighted by Crippen LogP contribution is 2.30. The van der Waals surface area contributed by atoms with Gasteiger partial charge in [0.1, 0.15) is 0 Å². The number of nitrogens with one attached hydrogen (secondary N) is 1. The largest absolute Gasteiger partial charge is 0.304 e. The Bertz CT molecular complexity index is 1030. The SMILES string of the molecule is CN1CCN(NC(=O)c2cc(-c3ccc(Cl)c(Cl)c3)nc3ccccc23)CC1. The van der Waals surface area contributed by atoms with Crippen molar-refractivity contribution < 1.29 is 4.79 Å². The van der Waals surface area contributed by atoms with Crippen LogP contribution in [0.15, 0.2) is 48.5 Å². The summed E-state index contributed by atoms with van der Waals surface area (Å²) in [4.78, 5) is 20.0. The van der Waals surface area contributed by atoms with Crippen LogP contribution in [0.2, 0.25) is 10.0 Å². The fraction of sp³-hybridized carbons (Fsp3) is 0.238. The number of hydrogen-bond donors (Lipinski definition) is 1. The quantitative estimate of drug-likeness (QED) is 0.700. The van der Waals surface area contributed by atoms with Crippen molar-refractivity contribution in [3.05, 3.63) is 64.1 Å². The molecule has 7 heteroatoms. The number of nitrogens with zero attached hydrogens (tertiary/aromatic N) is 3. The first kappa shape index (κ1) is 19.2. The molecule has 0 aliphatic carbocycles. The molecule has 2 aromatic carbocycles. The molecule has 1 N–H and O–H groups in total. The lowest BCUT2D eigenvalue weighted by Crippen LogP contribution is -2.52. The van der Waals surface area contributed by atoms with E-state index in [0.29, 0.717) is 21.3 Å². The fourth-order valence-electron chi connectivity index (χ4n) is 3.29. The highest BCUT2D eigenvalue weighted by molar-refractivity contribution is 6.42. The summed E-state index contributed by atoms with van der Waals surface area (Å²) in [5.41, 5.74) is 5.88. The summed E-state index contributed by atoms with van der Waals surface area (Å²) in [6, 6.07) is 14.8. The molecule has 28 heavy (non-hydrogen) atoms. The lowest BCUT2D eigenvalue weighted by molar-refractivity contribution is 0.0664. The number of hydrogen-bond acceptors (Lipinski definition) is 4. The highest BCUT2D eigenvalue weighted by atomic mass is 35.5. The summed E-state index contributed by atoms with van der Waals surface area (Å²) in [7, 11) is 2.08. The third-order valence-corrected chi connectivity index (χ3v) is 5.68. The first-order valence-corrected chi connectivity index (χ1v) is 9.86. The second-order valence-corrected chi connectivity index (χ2v) is 7.75. The monoisotopic (exact) mass is 414 g/mol. The number of fused-ring (bicyclic) bond motifs is 1. The van der Waals surface area contributed by atoms with Gasteiger partial charge < -0.3 is 4.90 Å². The molecule has 4 rings (SSSR count). The van der Waals surface area contributed by atoms with Gasteiger partial charge in [0.25, 0.3) is 5.91 Å². The Balaban J connectivity index is 1.72. The first-order chi connectivity index (χ1) is 13.5. The Morgan fingerprint density at radius 2 is 1.75 bits per heavy atom. The van der Waals surface area contributed by atoms with E-state index in [4.69, 9.17) is 28.2 Å². The topological polar surface area (TPSA) is 48.5 Å². The van der Waals surface area contributed by atoms with Gasteiger partial charge in [0.15, 0.2) is 0 Å². The molecule has 0 unspecified atom stereocenters. The molecule has 1 saturated heterocycles. The highest BCUT2D eigenvalue weighted by Gasteiger charge is 2.19. The van der Waals surface area contributed by atoms with E-state index in [2.05, 4.69) is 17.4 Å². The van der Waals surface area contributed by atoms with E-state index in [1.165, 1.54) is 0 Å². The third-order valence-electron chi connectivity index (χ3n) is 4.94. The number of likely N-dealkylation sites (N-methyl/N-ethyl adjacent to an activating group) is 1. The van der Waals surface area contributed by atoms with E-state index in [9.17, 15) is 4.79 Å². The minimum Gasteiger partial charge on any atom is -0.304 e. The van der Waals surface area contributed by atoms with Crippen molar-refractivity contribution in [2.75, 3.05) is 33.2 Å². The molecule has 2 heterocycles. The number of aromatic nitrogens is 1. The van der Waals surface area contributed by atoms with Crippen LogP contribution in [-0.4, -0.2) is 54.0 Å². The van der Waals surface area contributed by atoms with Crippen molar-refractivity contribution in [2.24, 2.45) is 0 Å². The average Bonchev–Trinajstić information content (AvgIpc) is 2.71. The van der Waals surface area contributed by atoms with Crippen molar-refractivity contribution >= 4 is 40.0 Å². The van der Waals surface area contributed by atoms with Crippen LogP contribution in [0.5, 0.6) is 0 Å². The summed E-state index contributed by atoms with van der Waals surface area (Å²) >= 11 is 12.2. The van der Waals surface area contributed by atoms with Gasteiger partial charge in [-0.2, -0.15) is 0 Å². The molecular weight excluding hydrogens is 395 g/mol. The van der Waals surface area contributed by atoms with Gasteiger partial charge in [0, 0.05) is 37.1 Å². The van der Waals surface area contributed by atoms with Gasteiger partial charge >= 0.3 is 0 Å². The van der Waals surface area contributed by atoms with Gasteiger partial charge in [-0.15, -0.1) is 0 Å². The Labute approximate surface area is 173 Å². The van der Waals surface area contributed by atoms with Crippen LogP contribution >= 0.6 is 23.2 Å². The van der Waals surface area contributed by atoms with Gasteiger partial charge in [-0.05, 0) is 31.3 Å². The zero-order valence-electron chi connectivity index (χ0n) is 15.5. The van der Waals surface area contributed by atoms with Gasteiger partial charge in [0.2, 0.25) is 0 Å². The smallest absolute Gasteiger partial charge is 0.266 e. The van der Waals surface area contributed by atoms with Crippen LogP contribution in [0.25, 0.3) is 22.2 Å². The summed E-state index contributed by atoms with van der Waals surface area (Å²) < 4.78 is 0. The molecule has 144 valence electrons. The van der Waals surface area contributed by atoms with Crippen LogP contribution in [0.4, 0.5) is 0 Å². The van der Waals surface area contributed by atoms with Crippen molar-refractivity contribution in [2.45, 2.75) is 0 Å². The zero-order valence-corrected chi connectivity index (χ0v) is 17.0. The maximum absolute atomic E-state index is 13.1. The van der Waals surface area contributed by atoms with Crippen molar-refractivity contribution in [3.8, 4) is 11.3 Å². The predicted octanol–water partition coefficient (Wildman–Crippen LogP) is 4.10. The lowest BCUT2D eigenvalue weighted by Gasteiger charge is -2.32. The molecule has 1 aliphatic heterocycles. The van der Waals surface area contributed by atoms with E-state index in [1.807, 2.05) is 41.4 Å². The fourth-order valence-corrected chi connectivity index (χ4v) is 3.59. The van der Waals surface area contributed by atoms with Crippen LogP contribution < -0.4 is 5.43 Å². The standard InChI is InChI=1S/C21H20Cl2N4O/c1-26-8-10-27(11-9-26)25-21(28)16-13-20(14-6-7-17(22)18(23)12-14)24-19-5-3-2-4-15(16)19/h2-7,12-13H,8-11H2,1H3,(H,25,28). The van der Waals surface area contributed by atoms with E-state index >= 15 is 0 Å². The predicted molar refractivity (Wildman–Crippen MR) is 114 cm³/mol. The summed E-state index contributed by atoms with van der Waals surface area (Å²) in [6.45, 7) is 3.44. The van der Waals surface area contributed by atoms with Crippen LogP contribution in [-0.2, 0) is 0 Å². The van der Waals surface area contributed by atoms with Crippen LogP contribution in [0.3, 0.4) is 0 Å². The Morgan fingerprint density at radius 3 is 2.50 bits per heavy atom. The molecular formula is C21H20Cl2N4O. The Kier molecular flexibility index (Phi) is 5.51. The molecule has 1 aliphatic rings. The number of hydrazine groups is 1. The number of carbonyl (C=O) groups excluding carboxylic acids is 1. The first-order valence-electron chi connectivity index (χ1n) is 9.11. The van der Waals surface area contributed by atoms with E-state index in [-0.39, 0.29) is 5.91 Å². The second kappa shape index (κ2) is 8.05. The number of amides is 1. The molecule has 1 amide bonds. The van der Waals surface area contributed by atoms with Crippen LogP contribution in [0.1, 0.15) is 10.4 Å². The minimum atomic E-state index is -0.135. The average molecular weight is 415 g/mol. The maximum atomic E-state index is 13.1. The van der Waals surface area contributed by atoms with Crippen molar-refractivity contribution in [1.82, 2.24) is 20.3 Å². The van der Waals surface area contributed by atoms with Gasteiger partial charge in [-0.1, -0.05) is 47.5 Å². The number of pyridine rings is 1. The number of para-hydroxylation sites is 1. The van der Waals surface area contributed by atoms with E-state index in [1.54, 1.807) is 12.1 Å². The molecule has 0 saturated carbocycles. The Morgan fingerprint density at radius 1 is 1.00 bits per heavy atom. The minimum absolute atomic E-state index is 0.135. The number of benzene rings is 2. The van der Waals surface area contributed by atoms with E-state index in [0.717, 1.165) is 42.6 Å². The maximum Gasteiger partial charge on any atom is 0.266 e.